The first-order valence-electron chi connectivity index (χ1n) is 8.22. The Labute approximate surface area is 146 Å². The molecule has 0 bridgehead atoms. The Kier molecular flexibility index (Phi) is 5.36. The van der Waals surface area contributed by atoms with E-state index >= 15 is 0 Å². The second-order valence-electron chi connectivity index (χ2n) is 6.46. The lowest BCUT2D eigenvalue weighted by Crippen LogP contribution is -2.46. The molecule has 0 aromatic heterocycles. The van der Waals surface area contributed by atoms with Crippen LogP contribution in [0, 0.1) is 0 Å². The first-order chi connectivity index (χ1) is 12.0. The molecule has 1 saturated heterocycles. The van der Waals surface area contributed by atoms with Crippen LogP contribution in [0.3, 0.4) is 0 Å². The van der Waals surface area contributed by atoms with E-state index in [1.165, 1.54) is 13.5 Å². The van der Waals surface area contributed by atoms with E-state index in [4.69, 9.17) is 23.7 Å². The molecule has 136 valence electrons. The summed E-state index contributed by atoms with van der Waals surface area (Å²) in [6, 6.07) is 9.11. The monoisotopic (exact) mass is 349 g/mol. The molecule has 0 radical (unpaired) electrons. The fourth-order valence-electron chi connectivity index (χ4n) is 3.04. The van der Waals surface area contributed by atoms with Crippen LogP contribution in [0.5, 0.6) is 0 Å². The largest absolute Gasteiger partial charge is 0.475 e. The van der Waals surface area contributed by atoms with E-state index in [9.17, 15) is 4.79 Å². The first-order valence-corrected chi connectivity index (χ1v) is 8.22. The molecule has 0 unspecified atom stereocenters. The molecule has 1 fully saturated rings. The van der Waals surface area contributed by atoms with Crippen molar-refractivity contribution in [3.63, 3.8) is 0 Å². The third kappa shape index (κ3) is 4.18. The average Bonchev–Trinajstić information content (AvgIpc) is 3.19. The van der Waals surface area contributed by atoms with Gasteiger partial charge in [0.05, 0.1) is 20.3 Å². The summed E-state index contributed by atoms with van der Waals surface area (Å²) in [6.07, 6.45) is -0.197. The zero-order chi connectivity index (χ0) is 17.9. The summed E-state index contributed by atoms with van der Waals surface area (Å²) in [5, 5.41) is 0. The molecule has 2 aliphatic rings. The van der Waals surface area contributed by atoms with Crippen LogP contribution in [-0.4, -0.2) is 56.2 Å². The maximum atomic E-state index is 11.9. The van der Waals surface area contributed by atoms with E-state index in [1.807, 2.05) is 44.2 Å². The van der Waals surface area contributed by atoms with Gasteiger partial charge in [0.2, 0.25) is 0 Å². The quantitative estimate of drug-likeness (QED) is 0.728. The van der Waals surface area contributed by atoms with Crippen LogP contribution < -0.4 is 0 Å². The molecule has 0 N–H and O–H groups in total. The summed E-state index contributed by atoms with van der Waals surface area (Å²) in [4.78, 5) is 15.9. The Morgan fingerprint density at radius 2 is 1.96 bits per heavy atom. The normalized spacial score (nSPS) is 30.2. The van der Waals surface area contributed by atoms with E-state index < -0.39 is 30.0 Å². The smallest absolute Gasteiger partial charge is 0.334 e. The highest BCUT2D eigenvalue weighted by Crippen LogP contribution is 2.34. The number of hydrogen-bond acceptors (Lipinski definition) is 7. The van der Waals surface area contributed by atoms with Gasteiger partial charge in [-0.05, 0) is 19.4 Å². The van der Waals surface area contributed by atoms with Gasteiger partial charge in [0.25, 0.3) is 0 Å². The molecule has 4 atom stereocenters. The van der Waals surface area contributed by atoms with E-state index in [-0.39, 0.29) is 6.10 Å². The summed E-state index contributed by atoms with van der Waals surface area (Å²) in [5.41, 5.74) is 1.07. The molecule has 7 heteroatoms. The third-order valence-electron chi connectivity index (χ3n) is 4.13. The second-order valence-corrected chi connectivity index (χ2v) is 6.46. The predicted molar refractivity (Wildman–Crippen MR) is 89.1 cm³/mol. The summed E-state index contributed by atoms with van der Waals surface area (Å²) in [5.74, 6) is -1.26. The van der Waals surface area contributed by atoms with Gasteiger partial charge in [-0.1, -0.05) is 30.3 Å². The van der Waals surface area contributed by atoms with Crippen LogP contribution in [0.25, 0.3) is 0 Å². The van der Waals surface area contributed by atoms with Crippen LogP contribution in [0.4, 0.5) is 0 Å². The lowest BCUT2D eigenvalue weighted by atomic mass is 10.0. The van der Waals surface area contributed by atoms with Crippen molar-refractivity contribution in [2.45, 2.75) is 50.6 Å². The van der Waals surface area contributed by atoms with Crippen LogP contribution in [0.2, 0.25) is 0 Å². The summed E-state index contributed by atoms with van der Waals surface area (Å²) in [7, 11) is 1.32. The van der Waals surface area contributed by atoms with Crippen LogP contribution >= 0.6 is 0 Å². The van der Waals surface area contributed by atoms with E-state index in [1.54, 1.807) is 0 Å². The molecule has 3 rings (SSSR count). The number of esters is 1. The molecule has 0 spiro atoms. The highest BCUT2D eigenvalue weighted by atomic mass is 16.8. The van der Waals surface area contributed by atoms with Gasteiger partial charge in [-0.15, -0.1) is 0 Å². The summed E-state index contributed by atoms with van der Waals surface area (Å²) in [6.45, 7) is 4.42. The zero-order valence-corrected chi connectivity index (χ0v) is 14.6. The van der Waals surface area contributed by atoms with Crippen LogP contribution in [0.15, 0.2) is 35.3 Å². The van der Waals surface area contributed by atoms with Gasteiger partial charge in [-0.25, -0.2) is 9.79 Å². The number of rotatable bonds is 6. The topological polar surface area (TPSA) is 75.6 Å². The number of carbonyl (C=O) groups is 1. The minimum atomic E-state index is -0.794. The summed E-state index contributed by atoms with van der Waals surface area (Å²) >= 11 is 0. The van der Waals surface area contributed by atoms with Gasteiger partial charge >= 0.3 is 5.97 Å². The van der Waals surface area contributed by atoms with Crippen LogP contribution in [0.1, 0.15) is 19.4 Å². The molecule has 0 saturated carbocycles. The number of nitrogens with zero attached hydrogens (tertiary/aromatic N) is 1. The van der Waals surface area contributed by atoms with Gasteiger partial charge in [-0.2, -0.15) is 0 Å². The van der Waals surface area contributed by atoms with Gasteiger partial charge in [0, 0.05) is 0 Å². The predicted octanol–water partition coefficient (Wildman–Crippen LogP) is 1.69. The Balaban J connectivity index is 1.63. The Morgan fingerprint density at radius 1 is 1.20 bits per heavy atom. The van der Waals surface area contributed by atoms with Gasteiger partial charge in [0.1, 0.15) is 12.2 Å². The number of ether oxygens (including phenoxy) is 5. The van der Waals surface area contributed by atoms with Crippen molar-refractivity contribution >= 4 is 12.4 Å². The minimum absolute atomic E-state index is 0.316. The maximum Gasteiger partial charge on any atom is 0.334 e. The molecule has 0 amide bonds. The van der Waals surface area contributed by atoms with Crippen molar-refractivity contribution in [1.29, 1.82) is 0 Å². The molecule has 2 heterocycles. The highest BCUT2D eigenvalue weighted by Gasteiger charge is 2.51. The van der Waals surface area contributed by atoms with Crippen molar-refractivity contribution in [2.75, 3.05) is 13.7 Å². The Bertz CT molecular complexity index is 617. The molecular formula is C18H23NO6. The molecule has 2 aliphatic heterocycles. The average molecular weight is 349 g/mol. The van der Waals surface area contributed by atoms with Gasteiger partial charge in [0.15, 0.2) is 24.3 Å². The minimum Gasteiger partial charge on any atom is -0.475 e. The van der Waals surface area contributed by atoms with Crippen molar-refractivity contribution in [2.24, 2.45) is 4.99 Å². The highest BCUT2D eigenvalue weighted by molar-refractivity contribution is 5.79. The first kappa shape index (κ1) is 17.8. The third-order valence-corrected chi connectivity index (χ3v) is 4.13. The van der Waals surface area contributed by atoms with Crippen molar-refractivity contribution in [3.05, 3.63) is 35.9 Å². The molecule has 1 aromatic rings. The number of hydrogen-bond donors (Lipinski definition) is 0. The number of methoxy groups -OCH3 is 1. The molecule has 25 heavy (non-hydrogen) atoms. The lowest BCUT2D eigenvalue weighted by Gasteiger charge is -2.25. The fraction of sp³-hybridized carbons (Fsp3) is 0.556. The zero-order valence-electron chi connectivity index (χ0n) is 14.6. The second kappa shape index (κ2) is 7.51. The van der Waals surface area contributed by atoms with Crippen molar-refractivity contribution in [1.82, 2.24) is 0 Å². The number of benzene rings is 1. The van der Waals surface area contributed by atoms with Gasteiger partial charge in [-0.3, -0.25) is 0 Å². The molecular weight excluding hydrogens is 326 g/mol. The molecule has 1 aromatic carbocycles. The summed E-state index contributed by atoms with van der Waals surface area (Å²) < 4.78 is 28.0. The maximum absolute atomic E-state index is 11.9. The van der Waals surface area contributed by atoms with Crippen molar-refractivity contribution in [3.8, 4) is 0 Å². The van der Waals surface area contributed by atoms with E-state index in [0.29, 0.717) is 13.2 Å². The van der Waals surface area contributed by atoms with Crippen molar-refractivity contribution < 1.29 is 28.5 Å². The Hall–Kier alpha value is -1.96. The van der Waals surface area contributed by atoms with Crippen LogP contribution in [-0.2, 0) is 35.1 Å². The Morgan fingerprint density at radius 3 is 2.68 bits per heavy atom. The molecule has 0 aliphatic carbocycles. The van der Waals surface area contributed by atoms with E-state index in [0.717, 1.165) is 5.56 Å². The standard InChI is InChI=1S/C18H23NO6/c1-18(2)24-13(10-22-9-12-7-5-4-6-8-12)15(25-18)16-14(17(20)21-3)19-11-23-16/h4-8,11,13-16H,9-10H2,1-3H3/t13-,14-,15+,16-/m0/s1. The number of aliphatic imine (C=N–C) groups is 1. The molecule has 7 nitrogen and oxygen atoms in total. The lowest BCUT2D eigenvalue weighted by molar-refractivity contribution is -0.161. The fourth-order valence-corrected chi connectivity index (χ4v) is 3.04. The van der Waals surface area contributed by atoms with E-state index in [2.05, 4.69) is 4.99 Å². The van der Waals surface area contributed by atoms with Gasteiger partial charge < -0.3 is 23.7 Å². The SMILES string of the molecule is COC(=O)[C@H]1N=CO[C@@H]1[C@@H]1OC(C)(C)O[C@H]1COCc1ccccc1. The number of carbonyl (C=O) groups excluding carboxylic acids is 1.